The first kappa shape index (κ1) is 21.6. The third-order valence-corrected chi connectivity index (χ3v) is 7.48. The molecule has 1 saturated heterocycles. The summed E-state index contributed by atoms with van der Waals surface area (Å²) >= 11 is 0. The van der Waals surface area contributed by atoms with E-state index in [0.29, 0.717) is 6.42 Å². The van der Waals surface area contributed by atoms with Gasteiger partial charge in [0.05, 0.1) is 17.8 Å². The Labute approximate surface area is 177 Å². The third-order valence-electron chi connectivity index (χ3n) is 7.48. The van der Waals surface area contributed by atoms with Crippen molar-refractivity contribution in [3.63, 3.8) is 0 Å². The predicted octanol–water partition coefficient (Wildman–Crippen LogP) is 2.95. The maximum absolute atomic E-state index is 12.8. The molecule has 0 radical (unpaired) electrons. The van der Waals surface area contributed by atoms with Crippen molar-refractivity contribution in [1.82, 2.24) is 0 Å². The zero-order chi connectivity index (χ0) is 23.2. The van der Waals surface area contributed by atoms with Crippen molar-refractivity contribution in [3.8, 4) is 0 Å². The van der Waals surface area contributed by atoms with Crippen LogP contribution in [0.25, 0.3) is 0 Å². The highest BCUT2D eigenvalue weighted by Gasteiger charge is 2.71. The molecule has 0 aromatic carbocycles. The van der Waals surface area contributed by atoms with Crippen molar-refractivity contribution < 1.29 is 54.9 Å². The number of esters is 3. The second-order valence-electron chi connectivity index (χ2n) is 9.20. The highest BCUT2D eigenvalue weighted by Crippen LogP contribution is 2.59. The highest BCUT2D eigenvalue weighted by atomic mass is 19.4. The maximum Gasteiger partial charge on any atom is 0.434 e. The van der Waals surface area contributed by atoms with Crippen molar-refractivity contribution in [1.29, 1.82) is 0 Å². The number of fused-ring (bicyclic) bond motifs is 3. The van der Waals surface area contributed by atoms with Gasteiger partial charge < -0.3 is 14.2 Å². The number of halogens is 6. The van der Waals surface area contributed by atoms with Gasteiger partial charge in [-0.25, -0.2) is 0 Å². The van der Waals surface area contributed by atoms with Crippen LogP contribution in [0.15, 0.2) is 12.2 Å². The highest BCUT2D eigenvalue weighted by molar-refractivity contribution is 5.86. The van der Waals surface area contributed by atoms with Gasteiger partial charge in [-0.3, -0.25) is 14.4 Å². The molecule has 0 spiro atoms. The number of hydrogen-bond acceptors (Lipinski definition) is 6. The van der Waals surface area contributed by atoms with Gasteiger partial charge in [-0.05, 0) is 31.1 Å². The van der Waals surface area contributed by atoms with E-state index >= 15 is 0 Å². The lowest BCUT2D eigenvalue weighted by molar-refractivity contribution is -0.315. The van der Waals surface area contributed by atoms with Gasteiger partial charge in [-0.1, -0.05) is 12.2 Å². The van der Waals surface area contributed by atoms with E-state index in [0.717, 1.165) is 6.42 Å². The van der Waals surface area contributed by atoms with Gasteiger partial charge >= 0.3 is 30.3 Å². The van der Waals surface area contributed by atoms with Gasteiger partial charge in [0.15, 0.2) is 0 Å². The fourth-order valence-corrected chi connectivity index (χ4v) is 6.26. The second kappa shape index (κ2) is 6.86. The first-order valence-corrected chi connectivity index (χ1v) is 10.3. The summed E-state index contributed by atoms with van der Waals surface area (Å²) in [6.07, 6.45) is -12.6. The molecular weight excluding hydrogens is 450 g/mol. The van der Waals surface area contributed by atoms with Crippen molar-refractivity contribution in [2.24, 2.45) is 41.4 Å². The van der Waals surface area contributed by atoms with Gasteiger partial charge in [0, 0.05) is 11.8 Å². The number of carbonyl (C=O) groups excluding carboxylic acids is 3. The topological polar surface area (TPSA) is 78.9 Å². The molecule has 5 rings (SSSR count). The van der Waals surface area contributed by atoms with Gasteiger partial charge in [0.2, 0.25) is 0 Å². The van der Waals surface area contributed by atoms with E-state index in [1.807, 2.05) is 12.2 Å². The van der Waals surface area contributed by atoms with E-state index in [9.17, 15) is 40.7 Å². The Morgan fingerprint density at radius 1 is 0.969 bits per heavy atom. The molecule has 6 nitrogen and oxygen atoms in total. The molecule has 1 heterocycles. The molecule has 4 aliphatic carbocycles. The van der Waals surface area contributed by atoms with E-state index in [4.69, 9.17) is 9.47 Å². The molecule has 176 valence electrons. The Morgan fingerprint density at radius 3 is 2.22 bits per heavy atom. The van der Waals surface area contributed by atoms with Gasteiger partial charge in [-0.15, -0.1) is 0 Å². The Bertz CT molecular complexity index is 867. The van der Waals surface area contributed by atoms with Crippen LogP contribution < -0.4 is 0 Å². The number of hydrogen-bond donors (Lipinski definition) is 0. The Morgan fingerprint density at radius 2 is 1.66 bits per heavy atom. The third kappa shape index (κ3) is 3.20. The molecule has 3 saturated carbocycles. The van der Waals surface area contributed by atoms with E-state index in [1.54, 1.807) is 0 Å². The fraction of sp³-hybridized carbons (Fsp3) is 0.750. The van der Waals surface area contributed by atoms with Crippen molar-refractivity contribution in [2.75, 3.05) is 0 Å². The minimum Gasteiger partial charge on any atom is -0.458 e. The Kier molecular flexibility index (Phi) is 4.63. The average Bonchev–Trinajstić information content (AvgIpc) is 3.45. The molecule has 4 fully saturated rings. The monoisotopic (exact) mass is 468 g/mol. The molecule has 9 atom stereocenters. The van der Waals surface area contributed by atoms with E-state index in [-0.39, 0.29) is 18.3 Å². The fourth-order valence-electron chi connectivity index (χ4n) is 6.26. The normalized spacial score (nSPS) is 41.5. The summed E-state index contributed by atoms with van der Waals surface area (Å²) in [4.78, 5) is 37.5. The summed E-state index contributed by atoms with van der Waals surface area (Å²) in [5.74, 6) is -7.79. The van der Waals surface area contributed by atoms with Crippen molar-refractivity contribution >= 4 is 17.9 Å². The molecule has 9 unspecified atom stereocenters. The molecule has 0 amide bonds. The first-order valence-electron chi connectivity index (χ1n) is 10.3. The molecule has 1 aliphatic heterocycles. The van der Waals surface area contributed by atoms with Crippen LogP contribution in [0.1, 0.15) is 19.3 Å². The number of allylic oxidation sites excluding steroid dienone is 2. The SMILES string of the molecule is O=C(OC1C2CC3C1OC(=O)C3C2C(=O)OC(C(F)(F)F)C(F)(F)F)C1CC2C=CC1C2. The van der Waals surface area contributed by atoms with Crippen LogP contribution in [0, 0.1) is 41.4 Å². The Balaban J connectivity index is 1.35. The summed E-state index contributed by atoms with van der Waals surface area (Å²) in [5.41, 5.74) is 0. The van der Waals surface area contributed by atoms with Crippen LogP contribution in [-0.4, -0.2) is 48.6 Å². The smallest absolute Gasteiger partial charge is 0.434 e. The molecule has 5 aliphatic rings. The summed E-state index contributed by atoms with van der Waals surface area (Å²) in [5, 5.41) is 0. The second-order valence-corrected chi connectivity index (χ2v) is 9.20. The lowest BCUT2D eigenvalue weighted by Crippen LogP contribution is -2.49. The average molecular weight is 468 g/mol. The number of rotatable bonds is 4. The molecule has 12 heteroatoms. The lowest BCUT2D eigenvalue weighted by Gasteiger charge is -2.32. The molecule has 32 heavy (non-hydrogen) atoms. The van der Waals surface area contributed by atoms with Gasteiger partial charge in [-0.2, -0.15) is 26.3 Å². The quantitative estimate of drug-likeness (QED) is 0.273. The summed E-state index contributed by atoms with van der Waals surface area (Å²) < 4.78 is 91.7. The summed E-state index contributed by atoms with van der Waals surface area (Å²) in [6, 6.07) is 0. The zero-order valence-electron chi connectivity index (χ0n) is 16.3. The molecular formula is C20H18F6O6. The standard InChI is InChI=1S/C20H18F6O6/c21-19(22,23)18(20(24,25)26)32-17(29)12-10-5-9-11(12)16(28)31-14(9)13(10)30-15(27)8-4-6-1-2-7(8)3-6/h1-2,6-14,18H,3-5H2. The minimum absolute atomic E-state index is 0.00468. The number of ether oxygens (including phenoxy) is 3. The number of alkyl halides is 6. The first-order chi connectivity index (χ1) is 14.9. The van der Waals surface area contributed by atoms with Crippen LogP contribution in [0.4, 0.5) is 26.3 Å². The Hall–Kier alpha value is -2.27. The largest absolute Gasteiger partial charge is 0.458 e. The van der Waals surface area contributed by atoms with Crippen LogP contribution in [-0.2, 0) is 28.6 Å². The number of carbonyl (C=O) groups is 3. The molecule has 0 N–H and O–H groups in total. The van der Waals surface area contributed by atoms with E-state index in [2.05, 4.69) is 4.74 Å². The lowest BCUT2D eigenvalue weighted by atomic mass is 9.78. The van der Waals surface area contributed by atoms with Gasteiger partial charge in [0.1, 0.15) is 12.2 Å². The molecule has 0 aromatic rings. The molecule has 0 aromatic heterocycles. The minimum atomic E-state index is -5.87. The van der Waals surface area contributed by atoms with Crippen LogP contribution >= 0.6 is 0 Å². The van der Waals surface area contributed by atoms with Crippen molar-refractivity contribution in [3.05, 3.63) is 12.2 Å². The van der Waals surface area contributed by atoms with Crippen LogP contribution in [0.2, 0.25) is 0 Å². The maximum atomic E-state index is 12.8. The summed E-state index contributed by atoms with van der Waals surface area (Å²) in [6.45, 7) is 0. The van der Waals surface area contributed by atoms with E-state index < -0.39 is 78.2 Å². The van der Waals surface area contributed by atoms with Crippen LogP contribution in [0.3, 0.4) is 0 Å². The zero-order valence-corrected chi connectivity index (χ0v) is 16.3. The van der Waals surface area contributed by atoms with Crippen molar-refractivity contribution in [2.45, 2.75) is 49.9 Å². The van der Waals surface area contributed by atoms with E-state index in [1.165, 1.54) is 0 Å². The molecule has 4 bridgehead atoms. The van der Waals surface area contributed by atoms with Gasteiger partial charge in [0.25, 0.3) is 6.10 Å². The summed E-state index contributed by atoms with van der Waals surface area (Å²) in [7, 11) is 0. The van der Waals surface area contributed by atoms with Crippen LogP contribution in [0.5, 0.6) is 0 Å². The predicted molar refractivity (Wildman–Crippen MR) is 89.2 cm³/mol.